The minimum atomic E-state index is 0.732. The molecule has 0 saturated carbocycles. The van der Waals surface area contributed by atoms with Gasteiger partial charge >= 0.3 is 0 Å². The molecule has 0 amide bonds. The molecule has 0 spiro atoms. The van der Waals surface area contributed by atoms with Crippen molar-refractivity contribution in [1.29, 1.82) is 5.26 Å². The molecule has 0 bridgehead atoms. The van der Waals surface area contributed by atoms with Gasteiger partial charge in [0.25, 0.3) is 0 Å². The fraction of sp³-hybridized carbons (Fsp3) is 0.545. The van der Waals surface area contributed by atoms with Crippen LogP contribution < -0.4 is 5.32 Å². The minimum Gasteiger partial charge on any atom is -0.339 e. The van der Waals surface area contributed by atoms with Gasteiger partial charge in [0.1, 0.15) is 11.8 Å². The molecule has 1 saturated heterocycles. The summed E-state index contributed by atoms with van der Waals surface area (Å²) in [5.41, 5.74) is 0.781. The summed E-state index contributed by atoms with van der Waals surface area (Å²) in [6.45, 7) is 3.24. The van der Waals surface area contributed by atoms with E-state index < -0.39 is 0 Å². The number of nitriles is 1. The van der Waals surface area contributed by atoms with Gasteiger partial charge in [-0.1, -0.05) is 0 Å². The summed E-state index contributed by atoms with van der Waals surface area (Å²) in [5.74, 6) is 0.732. The van der Waals surface area contributed by atoms with Crippen LogP contribution in [0.3, 0.4) is 0 Å². The van der Waals surface area contributed by atoms with E-state index in [2.05, 4.69) is 16.0 Å². The second kappa shape index (κ2) is 4.30. The van der Waals surface area contributed by atoms with Crippen LogP contribution in [0.2, 0.25) is 0 Å². The van der Waals surface area contributed by atoms with Crippen LogP contribution in [0.25, 0.3) is 0 Å². The second-order valence-electron chi connectivity index (χ2n) is 3.85. The molecule has 1 aromatic heterocycles. The third kappa shape index (κ3) is 1.97. The molecule has 0 aliphatic carbocycles. The van der Waals surface area contributed by atoms with E-state index in [9.17, 15) is 0 Å². The maximum atomic E-state index is 8.85. The molecule has 74 valence electrons. The van der Waals surface area contributed by atoms with Gasteiger partial charge in [0.05, 0.1) is 0 Å². The molecule has 0 radical (unpaired) electrons. The van der Waals surface area contributed by atoms with Gasteiger partial charge in [0, 0.05) is 12.7 Å². The summed E-state index contributed by atoms with van der Waals surface area (Å²) in [6.07, 6.45) is 4.45. The summed E-state index contributed by atoms with van der Waals surface area (Å²) < 4.78 is 2.07. The number of hydrogen-bond acceptors (Lipinski definition) is 2. The first-order valence-electron chi connectivity index (χ1n) is 5.16. The number of nitrogens with one attached hydrogen (secondary N) is 1. The van der Waals surface area contributed by atoms with E-state index in [1.807, 2.05) is 18.3 Å². The van der Waals surface area contributed by atoms with Crippen molar-refractivity contribution in [2.45, 2.75) is 19.4 Å². The van der Waals surface area contributed by atoms with E-state index in [1.165, 1.54) is 12.8 Å². The molecule has 1 aromatic rings. The van der Waals surface area contributed by atoms with E-state index in [0.29, 0.717) is 0 Å². The van der Waals surface area contributed by atoms with Crippen LogP contribution in [0.4, 0.5) is 0 Å². The molecule has 1 N–H and O–H groups in total. The van der Waals surface area contributed by atoms with Crippen molar-refractivity contribution < 1.29 is 0 Å². The van der Waals surface area contributed by atoms with Gasteiger partial charge in [-0.2, -0.15) is 5.26 Å². The Morgan fingerprint density at radius 3 is 3.00 bits per heavy atom. The minimum absolute atomic E-state index is 0.732. The molecule has 3 nitrogen and oxygen atoms in total. The van der Waals surface area contributed by atoms with Crippen molar-refractivity contribution in [1.82, 2.24) is 9.88 Å². The zero-order valence-corrected chi connectivity index (χ0v) is 8.24. The first-order chi connectivity index (χ1) is 6.90. The van der Waals surface area contributed by atoms with Crippen molar-refractivity contribution in [3.63, 3.8) is 0 Å². The molecule has 0 unspecified atom stereocenters. The molecule has 2 rings (SSSR count). The Balaban J connectivity index is 1.99. The number of rotatable bonds is 2. The van der Waals surface area contributed by atoms with Crippen LogP contribution in [0.1, 0.15) is 18.5 Å². The van der Waals surface area contributed by atoms with Gasteiger partial charge in [0.2, 0.25) is 0 Å². The molecule has 14 heavy (non-hydrogen) atoms. The van der Waals surface area contributed by atoms with Crippen molar-refractivity contribution in [3.8, 4) is 6.07 Å². The maximum absolute atomic E-state index is 8.85. The second-order valence-corrected chi connectivity index (χ2v) is 3.85. The summed E-state index contributed by atoms with van der Waals surface area (Å²) in [6, 6.07) is 6.03. The van der Waals surface area contributed by atoms with Crippen LogP contribution in [0.5, 0.6) is 0 Å². The van der Waals surface area contributed by atoms with Gasteiger partial charge in [-0.3, -0.25) is 0 Å². The van der Waals surface area contributed by atoms with Crippen LogP contribution in [-0.4, -0.2) is 17.7 Å². The molecule has 1 fully saturated rings. The lowest BCUT2D eigenvalue weighted by Crippen LogP contribution is -2.29. The highest BCUT2D eigenvalue weighted by molar-refractivity contribution is 5.21. The Hall–Kier alpha value is -1.27. The molecule has 0 aromatic carbocycles. The maximum Gasteiger partial charge on any atom is 0.120 e. The molecule has 1 aliphatic rings. The highest BCUT2D eigenvalue weighted by Gasteiger charge is 2.14. The fourth-order valence-corrected chi connectivity index (χ4v) is 2.02. The summed E-state index contributed by atoms with van der Waals surface area (Å²) in [5, 5.41) is 12.2. The molecule has 0 atom stereocenters. The Labute approximate surface area is 84.3 Å². The van der Waals surface area contributed by atoms with Gasteiger partial charge < -0.3 is 9.88 Å². The standard InChI is InChI=1S/C11H15N3/c12-8-11-2-1-7-14(11)9-10-3-5-13-6-4-10/h1-2,7,10,13H,3-6,9H2. The van der Waals surface area contributed by atoms with E-state index in [4.69, 9.17) is 5.26 Å². The molecule has 2 heterocycles. The molecule has 3 heteroatoms. The van der Waals surface area contributed by atoms with E-state index in [0.717, 1.165) is 31.2 Å². The van der Waals surface area contributed by atoms with Crippen LogP contribution in [0.15, 0.2) is 18.3 Å². The summed E-state index contributed by atoms with van der Waals surface area (Å²) in [7, 11) is 0. The van der Waals surface area contributed by atoms with E-state index in [1.54, 1.807) is 0 Å². The highest BCUT2D eigenvalue weighted by Crippen LogP contribution is 2.15. The topological polar surface area (TPSA) is 40.8 Å². The third-order valence-electron chi connectivity index (χ3n) is 2.86. The largest absolute Gasteiger partial charge is 0.339 e. The zero-order valence-electron chi connectivity index (χ0n) is 8.24. The highest BCUT2D eigenvalue weighted by atomic mass is 15.0. The van der Waals surface area contributed by atoms with E-state index >= 15 is 0 Å². The average Bonchev–Trinajstić information content (AvgIpc) is 2.67. The van der Waals surface area contributed by atoms with E-state index in [-0.39, 0.29) is 0 Å². The Bertz CT molecular complexity index is 329. The van der Waals surface area contributed by atoms with Gasteiger partial charge in [-0.15, -0.1) is 0 Å². The Morgan fingerprint density at radius 1 is 1.50 bits per heavy atom. The van der Waals surface area contributed by atoms with Crippen LogP contribution in [-0.2, 0) is 6.54 Å². The van der Waals surface area contributed by atoms with Gasteiger partial charge in [-0.05, 0) is 44.0 Å². The lowest BCUT2D eigenvalue weighted by molar-refractivity contribution is 0.333. The monoisotopic (exact) mass is 189 g/mol. The lowest BCUT2D eigenvalue weighted by atomic mass is 9.98. The van der Waals surface area contributed by atoms with Crippen molar-refractivity contribution >= 4 is 0 Å². The molecular formula is C11H15N3. The Kier molecular flexibility index (Phi) is 2.85. The average molecular weight is 189 g/mol. The number of nitrogens with zero attached hydrogens (tertiary/aromatic N) is 2. The summed E-state index contributed by atoms with van der Waals surface area (Å²) in [4.78, 5) is 0. The quantitative estimate of drug-likeness (QED) is 0.763. The smallest absolute Gasteiger partial charge is 0.120 e. The zero-order chi connectivity index (χ0) is 9.80. The lowest BCUT2D eigenvalue weighted by Gasteiger charge is -2.23. The predicted molar refractivity (Wildman–Crippen MR) is 54.7 cm³/mol. The van der Waals surface area contributed by atoms with Gasteiger partial charge in [-0.25, -0.2) is 0 Å². The SMILES string of the molecule is N#Cc1cccn1CC1CCNCC1. The van der Waals surface area contributed by atoms with Crippen molar-refractivity contribution in [3.05, 3.63) is 24.0 Å². The number of piperidine rings is 1. The van der Waals surface area contributed by atoms with Gasteiger partial charge in [0.15, 0.2) is 0 Å². The van der Waals surface area contributed by atoms with Crippen LogP contribution in [0, 0.1) is 17.2 Å². The summed E-state index contributed by atoms with van der Waals surface area (Å²) >= 11 is 0. The fourth-order valence-electron chi connectivity index (χ4n) is 2.02. The number of aromatic nitrogens is 1. The third-order valence-corrected chi connectivity index (χ3v) is 2.86. The first-order valence-corrected chi connectivity index (χ1v) is 5.16. The predicted octanol–water partition coefficient (Wildman–Crippen LogP) is 1.36. The van der Waals surface area contributed by atoms with Crippen LogP contribution >= 0.6 is 0 Å². The molecular weight excluding hydrogens is 174 g/mol. The van der Waals surface area contributed by atoms with Crippen molar-refractivity contribution in [2.24, 2.45) is 5.92 Å². The normalized spacial score (nSPS) is 17.9. The molecule has 1 aliphatic heterocycles. The number of hydrogen-bond donors (Lipinski definition) is 1. The Morgan fingerprint density at radius 2 is 2.29 bits per heavy atom. The first kappa shape index (κ1) is 9.29. The van der Waals surface area contributed by atoms with Crippen molar-refractivity contribution in [2.75, 3.05) is 13.1 Å².